The summed E-state index contributed by atoms with van der Waals surface area (Å²) in [4.78, 5) is 16.1. The topological polar surface area (TPSA) is 118 Å². The highest BCUT2D eigenvalue weighted by molar-refractivity contribution is 9.11. The normalized spacial score (nSPS) is 11.4. The van der Waals surface area contributed by atoms with E-state index in [9.17, 15) is 15.0 Å². The number of methoxy groups -OCH3 is 2. The van der Waals surface area contributed by atoms with Crippen LogP contribution in [0.2, 0.25) is 0 Å². The molecule has 0 radical (unpaired) electrons. The fraction of sp³-hybridized carbons (Fsp3) is 0.105. The molecule has 3 aromatic rings. The molecule has 0 amide bonds. The molecule has 0 saturated carbocycles. The van der Waals surface area contributed by atoms with Crippen LogP contribution in [0.15, 0.2) is 49.3 Å². The molecule has 0 saturated heterocycles. The number of rotatable bonds is 7. The van der Waals surface area contributed by atoms with E-state index in [0.717, 1.165) is 11.8 Å². The number of benzene rings is 2. The number of aliphatic carboxylic acids is 1. The zero-order valence-corrected chi connectivity index (χ0v) is 19.6. The van der Waals surface area contributed by atoms with Crippen LogP contribution in [-0.2, 0) is 4.79 Å². The number of aromatic nitrogens is 3. The van der Waals surface area contributed by atoms with Crippen molar-refractivity contribution in [2.75, 3.05) is 14.2 Å². The second-order valence-electron chi connectivity index (χ2n) is 5.82. The molecule has 0 unspecified atom stereocenters. The molecular formula is C19H15Br2N3O5S. The lowest BCUT2D eigenvalue weighted by atomic mass is 10.2. The molecule has 1 aromatic heterocycles. The maximum absolute atomic E-state index is 11.7. The van der Waals surface area contributed by atoms with E-state index in [1.807, 2.05) is 0 Å². The summed E-state index contributed by atoms with van der Waals surface area (Å²) in [7, 11) is 3.09. The average Bonchev–Trinajstić information content (AvgIpc) is 3.19. The van der Waals surface area contributed by atoms with Crippen molar-refractivity contribution in [3.63, 3.8) is 0 Å². The first kappa shape index (κ1) is 22.2. The number of phenols is 1. The van der Waals surface area contributed by atoms with Gasteiger partial charge in [0, 0.05) is 11.6 Å². The number of phenolic OH excluding ortho intramolecular Hbond substituents is 1. The van der Waals surface area contributed by atoms with E-state index >= 15 is 0 Å². The molecular weight excluding hydrogens is 542 g/mol. The zero-order valence-electron chi connectivity index (χ0n) is 15.6. The standard InChI is InChI=1S/C19H15Br2N3O5S/c1-28-11-6-10(7-12(8-11)29-2)17-22-19(24-23-17)30-15(18(26)27)5-9-3-13(20)16(25)14(21)4-9/h3-8,25H,1-2H3,(H,26,27)(H,22,23,24)/b15-5-. The Kier molecular flexibility index (Phi) is 7.06. The van der Waals surface area contributed by atoms with E-state index in [4.69, 9.17) is 9.47 Å². The Bertz CT molecular complexity index is 1090. The molecule has 0 bridgehead atoms. The molecule has 8 nitrogen and oxygen atoms in total. The molecule has 0 aliphatic rings. The van der Waals surface area contributed by atoms with Gasteiger partial charge in [0.2, 0.25) is 5.16 Å². The lowest BCUT2D eigenvalue weighted by Gasteiger charge is -2.06. The van der Waals surface area contributed by atoms with Crippen molar-refractivity contribution in [1.29, 1.82) is 0 Å². The smallest absolute Gasteiger partial charge is 0.342 e. The number of aromatic hydroxyl groups is 1. The minimum absolute atomic E-state index is 0.00765. The Morgan fingerprint density at radius 2 is 1.70 bits per heavy atom. The van der Waals surface area contributed by atoms with Crippen molar-refractivity contribution >= 4 is 55.7 Å². The molecule has 0 atom stereocenters. The van der Waals surface area contributed by atoms with Gasteiger partial charge in [-0.15, -0.1) is 5.10 Å². The number of nitrogens with one attached hydrogen (secondary N) is 1. The monoisotopic (exact) mass is 555 g/mol. The summed E-state index contributed by atoms with van der Waals surface area (Å²) in [5.74, 6) is 0.516. The number of aromatic amines is 1. The number of carboxylic acid groups (broad SMARTS) is 1. The Balaban J connectivity index is 1.90. The van der Waals surface area contributed by atoms with Crippen molar-refractivity contribution in [1.82, 2.24) is 15.2 Å². The minimum Gasteiger partial charge on any atom is -0.506 e. The summed E-state index contributed by atoms with van der Waals surface area (Å²) in [6.45, 7) is 0. The fourth-order valence-corrected chi connectivity index (χ4v) is 4.35. The van der Waals surface area contributed by atoms with E-state index in [1.165, 1.54) is 6.08 Å². The lowest BCUT2D eigenvalue weighted by Crippen LogP contribution is -1.97. The van der Waals surface area contributed by atoms with Gasteiger partial charge < -0.3 is 19.7 Å². The summed E-state index contributed by atoms with van der Waals surface area (Å²) >= 11 is 7.35. The molecule has 3 N–H and O–H groups in total. The van der Waals surface area contributed by atoms with Gasteiger partial charge in [-0.25, -0.2) is 9.78 Å². The number of nitrogens with zero attached hydrogens (tertiary/aromatic N) is 2. The molecule has 0 aliphatic carbocycles. The van der Waals surface area contributed by atoms with Gasteiger partial charge in [0.1, 0.15) is 22.2 Å². The van der Waals surface area contributed by atoms with E-state index in [-0.39, 0.29) is 15.8 Å². The van der Waals surface area contributed by atoms with Crippen LogP contribution in [0.3, 0.4) is 0 Å². The Morgan fingerprint density at radius 1 is 1.10 bits per heavy atom. The minimum atomic E-state index is -1.13. The van der Waals surface area contributed by atoms with E-state index in [0.29, 0.717) is 37.4 Å². The molecule has 2 aromatic carbocycles. The second kappa shape index (κ2) is 9.54. The van der Waals surface area contributed by atoms with Gasteiger partial charge in [-0.1, -0.05) is 0 Å². The van der Waals surface area contributed by atoms with Crippen LogP contribution in [0.4, 0.5) is 0 Å². The quantitative estimate of drug-likeness (QED) is 0.277. The molecule has 11 heteroatoms. The average molecular weight is 557 g/mol. The van der Waals surface area contributed by atoms with Crippen molar-refractivity contribution in [2.45, 2.75) is 5.16 Å². The number of halogens is 2. The van der Waals surface area contributed by atoms with Gasteiger partial charge in [-0.2, -0.15) is 0 Å². The molecule has 0 fully saturated rings. The second-order valence-corrected chi connectivity index (χ2v) is 8.53. The third kappa shape index (κ3) is 5.15. The summed E-state index contributed by atoms with van der Waals surface area (Å²) in [6.07, 6.45) is 1.46. The van der Waals surface area contributed by atoms with Gasteiger partial charge in [0.15, 0.2) is 5.82 Å². The van der Waals surface area contributed by atoms with Gasteiger partial charge in [-0.05, 0) is 79.5 Å². The van der Waals surface area contributed by atoms with Crippen LogP contribution in [0.1, 0.15) is 5.56 Å². The van der Waals surface area contributed by atoms with Crippen LogP contribution >= 0.6 is 43.6 Å². The summed E-state index contributed by atoms with van der Waals surface area (Å²) in [5.41, 5.74) is 1.25. The largest absolute Gasteiger partial charge is 0.506 e. The third-order valence-electron chi connectivity index (χ3n) is 3.84. The highest BCUT2D eigenvalue weighted by atomic mass is 79.9. The summed E-state index contributed by atoms with van der Waals surface area (Å²) < 4.78 is 11.4. The predicted octanol–water partition coefficient (Wildman–Crippen LogP) is 4.94. The van der Waals surface area contributed by atoms with Gasteiger partial charge in [0.05, 0.1) is 23.2 Å². The maximum atomic E-state index is 11.7. The van der Waals surface area contributed by atoms with E-state index in [1.54, 1.807) is 44.6 Å². The fourth-order valence-electron chi connectivity index (χ4n) is 2.42. The summed E-state index contributed by atoms with van der Waals surface area (Å²) in [5, 5.41) is 26.5. The number of thioether (sulfide) groups is 1. The number of ether oxygens (including phenoxy) is 2. The predicted molar refractivity (Wildman–Crippen MR) is 120 cm³/mol. The van der Waals surface area contributed by atoms with Crippen molar-refractivity contribution in [3.8, 4) is 28.6 Å². The highest BCUT2D eigenvalue weighted by Gasteiger charge is 2.16. The van der Waals surface area contributed by atoms with Crippen molar-refractivity contribution in [2.24, 2.45) is 0 Å². The Hall–Kier alpha value is -2.50. The van der Waals surface area contributed by atoms with Crippen molar-refractivity contribution in [3.05, 3.63) is 49.7 Å². The SMILES string of the molecule is COc1cc(OC)cc(-c2nc(S/C(=C\c3cc(Br)c(O)c(Br)c3)C(=O)O)n[nH]2)c1. The van der Waals surface area contributed by atoms with Crippen LogP contribution in [0, 0.1) is 0 Å². The lowest BCUT2D eigenvalue weighted by molar-refractivity contribution is -0.131. The number of hydrogen-bond acceptors (Lipinski definition) is 7. The van der Waals surface area contributed by atoms with Crippen molar-refractivity contribution < 1.29 is 24.5 Å². The first-order valence-electron chi connectivity index (χ1n) is 8.27. The number of H-pyrrole nitrogens is 1. The van der Waals surface area contributed by atoms with Gasteiger partial charge in [0.25, 0.3) is 0 Å². The van der Waals surface area contributed by atoms with Crippen LogP contribution < -0.4 is 9.47 Å². The van der Waals surface area contributed by atoms with Crippen LogP contribution in [-0.4, -0.2) is 45.6 Å². The summed E-state index contributed by atoms with van der Waals surface area (Å²) in [6, 6.07) is 8.47. The first-order valence-corrected chi connectivity index (χ1v) is 10.7. The first-order chi connectivity index (χ1) is 14.3. The Morgan fingerprint density at radius 3 is 2.23 bits per heavy atom. The third-order valence-corrected chi connectivity index (χ3v) is 5.93. The Labute approximate surface area is 192 Å². The molecule has 3 rings (SSSR count). The zero-order chi connectivity index (χ0) is 21.8. The number of carbonyl (C=O) groups is 1. The van der Waals surface area contributed by atoms with Crippen LogP contribution in [0.25, 0.3) is 17.5 Å². The number of hydrogen-bond donors (Lipinski definition) is 3. The van der Waals surface area contributed by atoms with Gasteiger partial charge >= 0.3 is 5.97 Å². The maximum Gasteiger partial charge on any atom is 0.342 e. The van der Waals surface area contributed by atoms with E-state index in [2.05, 4.69) is 47.0 Å². The molecule has 0 spiro atoms. The highest BCUT2D eigenvalue weighted by Crippen LogP contribution is 2.35. The van der Waals surface area contributed by atoms with Gasteiger partial charge in [-0.3, -0.25) is 5.10 Å². The molecule has 0 aliphatic heterocycles. The number of carboxylic acids is 1. The van der Waals surface area contributed by atoms with E-state index < -0.39 is 5.97 Å². The van der Waals surface area contributed by atoms with Crippen LogP contribution in [0.5, 0.6) is 17.2 Å². The molecule has 1 heterocycles. The molecule has 30 heavy (non-hydrogen) atoms. The molecule has 156 valence electrons.